The number of fused-ring (bicyclic) bond motifs is 1. The lowest BCUT2D eigenvalue weighted by Crippen LogP contribution is -2.35. The third-order valence-corrected chi connectivity index (χ3v) is 5.05. The van der Waals surface area contributed by atoms with Crippen LogP contribution in [-0.2, 0) is 0 Å². The van der Waals surface area contributed by atoms with Gasteiger partial charge in [-0.25, -0.2) is 0 Å². The van der Waals surface area contributed by atoms with Gasteiger partial charge in [0.25, 0.3) is 5.91 Å². The predicted octanol–water partition coefficient (Wildman–Crippen LogP) is 3.56. The zero-order valence-corrected chi connectivity index (χ0v) is 17.5. The monoisotopic (exact) mass is 466 g/mol. The van der Waals surface area contributed by atoms with Crippen molar-refractivity contribution in [2.45, 2.75) is 6.10 Å². The molecule has 1 amide bonds. The number of ether oxygens (including phenoxy) is 1. The Morgan fingerprint density at radius 3 is 2.77 bits per heavy atom. The van der Waals surface area contributed by atoms with Crippen LogP contribution >= 0.6 is 15.9 Å². The summed E-state index contributed by atoms with van der Waals surface area (Å²) in [4.78, 5) is 16.6. The van der Waals surface area contributed by atoms with Crippen LogP contribution in [0.4, 0.5) is 0 Å². The summed E-state index contributed by atoms with van der Waals surface area (Å²) in [5.41, 5.74) is 3.06. The molecule has 0 bridgehead atoms. The topological polar surface area (TPSA) is 100 Å². The van der Waals surface area contributed by atoms with Crippen LogP contribution in [-0.4, -0.2) is 45.5 Å². The van der Waals surface area contributed by atoms with Crippen molar-refractivity contribution in [1.29, 1.82) is 0 Å². The molecule has 0 radical (unpaired) electrons. The quantitative estimate of drug-likeness (QED) is 0.386. The van der Waals surface area contributed by atoms with Gasteiger partial charge in [-0.3, -0.25) is 14.9 Å². The van der Waals surface area contributed by atoms with E-state index in [0.29, 0.717) is 5.75 Å². The van der Waals surface area contributed by atoms with Crippen molar-refractivity contribution in [2.24, 2.45) is 0 Å². The Balaban J connectivity index is 1.35. The zero-order chi connectivity index (χ0) is 20.9. The number of amides is 1. The number of carbonyl (C=O) groups is 1. The van der Waals surface area contributed by atoms with Gasteiger partial charge in [0.05, 0.1) is 11.7 Å². The molecule has 7 nitrogen and oxygen atoms in total. The third kappa shape index (κ3) is 4.84. The number of nitrogens with zero attached hydrogens (tertiary/aromatic N) is 2. The zero-order valence-electron chi connectivity index (χ0n) is 15.9. The number of pyridine rings is 1. The number of carbonyl (C=O) groups excluding carboxylic acids is 1. The minimum Gasteiger partial charge on any atom is -0.491 e. The molecule has 0 saturated carbocycles. The van der Waals surface area contributed by atoms with Crippen LogP contribution in [0.1, 0.15) is 10.5 Å². The molecule has 4 rings (SSSR count). The predicted molar refractivity (Wildman–Crippen MR) is 117 cm³/mol. The molecule has 0 fully saturated rings. The molecule has 1 atom stereocenters. The van der Waals surface area contributed by atoms with E-state index in [0.717, 1.165) is 26.5 Å². The highest BCUT2D eigenvalue weighted by Crippen LogP contribution is 2.23. The van der Waals surface area contributed by atoms with Gasteiger partial charge >= 0.3 is 0 Å². The van der Waals surface area contributed by atoms with Crippen LogP contribution in [0.15, 0.2) is 71.5 Å². The third-order valence-electron chi connectivity index (χ3n) is 4.52. The minimum atomic E-state index is -0.843. The first kappa shape index (κ1) is 20.1. The van der Waals surface area contributed by atoms with E-state index in [4.69, 9.17) is 4.74 Å². The molecule has 152 valence electrons. The van der Waals surface area contributed by atoms with Crippen molar-refractivity contribution in [3.05, 3.63) is 77.2 Å². The second-order valence-electron chi connectivity index (χ2n) is 6.73. The van der Waals surface area contributed by atoms with Crippen LogP contribution in [0.2, 0.25) is 0 Å². The van der Waals surface area contributed by atoms with Gasteiger partial charge < -0.3 is 15.2 Å². The van der Waals surface area contributed by atoms with Gasteiger partial charge in [0.15, 0.2) is 0 Å². The molecule has 2 heterocycles. The highest BCUT2D eigenvalue weighted by atomic mass is 79.9. The number of hydrogen-bond acceptors (Lipinski definition) is 5. The first-order valence-corrected chi connectivity index (χ1v) is 10.1. The van der Waals surface area contributed by atoms with Gasteiger partial charge in [-0.2, -0.15) is 5.10 Å². The number of aromatic amines is 1. The van der Waals surface area contributed by atoms with Crippen LogP contribution < -0.4 is 10.1 Å². The largest absolute Gasteiger partial charge is 0.491 e. The van der Waals surface area contributed by atoms with Crippen molar-refractivity contribution in [2.75, 3.05) is 13.2 Å². The molecular weight excluding hydrogens is 448 g/mol. The van der Waals surface area contributed by atoms with Crippen LogP contribution in [0, 0.1) is 0 Å². The standard InChI is InChI=1S/C22H19BrN4O3/c23-17-2-4-19(5-3-17)30-13-18(28)12-25-22(29)21-10-15(7-8-24-21)14-1-6-20-16(9-14)11-26-27-20/h1-11,18,28H,12-13H2,(H,25,29)(H,26,27). The normalized spacial score (nSPS) is 11.9. The summed E-state index contributed by atoms with van der Waals surface area (Å²) >= 11 is 3.35. The molecule has 0 aliphatic rings. The first-order valence-electron chi connectivity index (χ1n) is 9.33. The second kappa shape index (κ2) is 9.06. The van der Waals surface area contributed by atoms with Crippen molar-refractivity contribution >= 4 is 32.7 Å². The molecule has 30 heavy (non-hydrogen) atoms. The van der Waals surface area contributed by atoms with E-state index in [9.17, 15) is 9.90 Å². The average Bonchev–Trinajstić information content (AvgIpc) is 3.25. The van der Waals surface area contributed by atoms with E-state index in [2.05, 4.69) is 36.4 Å². The number of halogens is 1. The van der Waals surface area contributed by atoms with E-state index in [1.54, 1.807) is 30.6 Å². The molecule has 0 spiro atoms. The summed E-state index contributed by atoms with van der Waals surface area (Å²) in [6.45, 7) is 0.127. The van der Waals surface area contributed by atoms with Gasteiger partial charge in [0.2, 0.25) is 0 Å². The van der Waals surface area contributed by atoms with Gasteiger partial charge in [-0.15, -0.1) is 0 Å². The molecule has 2 aromatic carbocycles. The van der Waals surface area contributed by atoms with E-state index >= 15 is 0 Å². The number of benzene rings is 2. The van der Waals surface area contributed by atoms with Crippen molar-refractivity contribution in [3.63, 3.8) is 0 Å². The lowest BCUT2D eigenvalue weighted by Gasteiger charge is -2.13. The summed E-state index contributed by atoms with van der Waals surface area (Å²) in [5.74, 6) is 0.288. The maximum absolute atomic E-state index is 12.5. The molecule has 1 unspecified atom stereocenters. The van der Waals surface area contributed by atoms with E-state index in [1.807, 2.05) is 36.4 Å². The van der Waals surface area contributed by atoms with Crippen molar-refractivity contribution < 1.29 is 14.6 Å². The van der Waals surface area contributed by atoms with Gasteiger partial charge in [0, 0.05) is 22.6 Å². The molecular formula is C22H19BrN4O3. The smallest absolute Gasteiger partial charge is 0.269 e. The maximum atomic E-state index is 12.5. The second-order valence-corrected chi connectivity index (χ2v) is 7.65. The fourth-order valence-corrected chi connectivity index (χ4v) is 3.20. The van der Waals surface area contributed by atoms with Crippen LogP contribution in [0.3, 0.4) is 0 Å². The van der Waals surface area contributed by atoms with Crippen LogP contribution in [0.5, 0.6) is 5.75 Å². The lowest BCUT2D eigenvalue weighted by atomic mass is 10.0. The Labute approximate surface area is 181 Å². The van der Waals surface area contributed by atoms with Crippen molar-refractivity contribution in [1.82, 2.24) is 20.5 Å². The van der Waals surface area contributed by atoms with Crippen LogP contribution in [0.25, 0.3) is 22.0 Å². The van der Waals surface area contributed by atoms with Gasteiger partial charge in [-0.1, -0.05) is 22.0 Å². The highest BCUT2D eigenvalue weighted by molar-refractivity contribution is 9.10. The molecule has 0 aliphatic carbocycles. The Kier molecular flexibility index (Phi) is 6.06. The molecule has 3 N–H and O–H groups in total. The lowest BCUT2D eigenvalue weighted by molar-refractivity contribution is 0.0840. The number of aromatic nitrogens is 3. The molecule has 8 heteroatoms. The molecule has 2 aromatic heterocycles. The Bertz CT molecular complexity index is 1160. The average molecular weight is 467 g/mol. The minimum absolute atomic E-state index is 0.0578. The fourth-order valence-electron chi connectivity index (χ4n) is 2.94. The maximum Gasteiger partial charge on any atom is 0.269 e. The van der Waals surface area contributed by atoms with Gasteiger partial charge in [-0.05, 0) is 59.7 Å². The number of aliphatic hydroxyl groups is 1. The fraction of sp³-hybridized carbons (Fsp3) is 0.136. The van der Waals surface area contributed by atoms with Crippen molar-refractivity contribution in [3.8, 4) is 16.9 Å². The molecule has 4 aromatic rings. The number of rotatable bonds is 7. The Hall–Kier alpha value is -3.23. The molecule has 0 saturated heterocycles. The summed E-state index contributed by atoms with van der Waals surface area (Å²) < 4.78 is 6.47. The summed E-state index contributed by atoms with van der Waals surface area (Å²) in [5, 5.41) is 20.7. The highest BCUT2D eigenvalue weighted by Gasteiger charge is 2.12. The molecule has 0 aliphatic heterocycles. The van der Waals surface area contributed by atoms with Gasteiger partial charge in [0.1, 0.15) is 24.2 Å². The number of H-pyrrole nitrogens is 1. The number of aliphatic hydroxyl groups excluding tert-OH is 1. The van der Waals surface area contributed by atoms with E-state index in [1.165, 1.54) is 0 Å². The summed E-state index contributed by atoms with van der Waals surface area (Å²) in [6, 6.07) is 16.8. The number of nitrogens with one attached hydrogen (secondary N) is 2. The summed E-state index contributed by atoms with van der Waals surface area (Å²) in [6.07, 6.45) is 2.51. The van der Waals surface area contributed by atoms with E-state index < -0.39 is 6.10 Å². The Morgan fingerprint density at radius 1 is 1.13 bits per heavy atom. The van der Waals surface area contributed by atoms with E-state index in [-0.39, 0.29) is 24.8 Å². The first-order chi connectivity index (χ1) is 14.6. The number of hydrogen-bond donors (Lipinski definition) is 3. The SMILES string of the molecule is O=C(NCC(O)COc1ccc(Br)cc1)c1cc(-c2ccc3[nH]ncc3c2)ccn1. The summed E-state index contributed by atoms with van der Waals surface area (Å²) in [7, 11) is 0. The Morgan fingerprint density at radius 2 is 1.93 bits per heavy atom.